The Morgan fingerprint density at radius 3 is 1.74 bits per heavy atom. The minimum absolute atomic E-state index is 0.183. The second-order valence-electron chi connectivity index (χ2n) is 9.48. The molecule has 4 aromatic rings. The average molecular weight is 571 g/mol. The predicted octanol–water partition coefficient (Wildman–Crippen LogP) is 3.05. The Kier molecular flexibility index (Phi) is 8.39. The molecule has 0 radical (unpaired) electrons. The standard InChI is InChI=1S/C31H26N2O9/c1-19-17-33(31(38)32-26(19)34)27-25(42-30(37)22-15-9-4-10-16-22)24(41-29(36)21-13-7-3-8-14-21)23(40-27)18-39-28(35)20-11-5-2-6-12-20/h2-17,23-25,27H,18H2,1H3,(H,32,34,38)/t23-,24+,25+,27-/m1/s1. The van der Waals surface area contributed by atoms with Crippen LogP contribution in [0.4, 0.5) is 0 Å². The summed E-state index contributed by atoms with van der Waals surface area (Å²) in [5.74, 6) is -2.19. The zero-order valence-corrected chi connectivity index (χ0v) is 22.4. The summed E-state index contributed by atoms with van der Waals surface area (Å²) < 4.78 is 24.3. The summed E-state index contributed by atoms with van der Waals surface area (Å²) in [5.41, 5.74) is -0.564. The van der Waals surface area contributed by atoms with Crippen molar-refractivity contribution in [2.45, 2.75) is 31.5 Å². The van der Waals surface area contributed by atoms with Crippen LogP contribution in [0, 0.1) is 6.92 Å². The summed E-state index contributed by atoms with van der Waals surface area (Å²) >= 11 is 0. The van der Waals surface area contributed by atoms with Crippen LogP contribution in [0.2, 0.25) is 0 Å². The van der Waals surface area contributed by atoms with Gasteiger partial charge in [0.1, 0.15) is 12.7 Å². The number of esters is 3. The summed E-state index contributed by atoms with van der Waals surface area (Å²) in [5, 5.41) is 0. The first-order valence-electron chi connectivity index (χ1n) is 13.0. The molecule has 2 heterocycles. The highest BCUT2D eigenvalue weighted by atomic mass is 16.7. The third-order valence-corrected chi connectivity index (χ3v) is 6.60. The second-order valence-corrected chi connectivity index (χ2v) is 9.48. The van der Waals surface area contributed by atoms with Gasteiger partial charge in [-0.25, -0.2) is 19.2 Å². The molecular formula is C31H26N2O9. The first kappa shape index (κ1) is 28.2. The summed E-state index contributed by atoms with van der Waals surface area (Å²) in [4.78, 5) is 66.2. The van der Waals surface area contributed by atoms with E-state index in [1.54, 1.807) is 78.9 Å². The highest BCUT2D eigenvalue weighted by Gasteiger charge is 2.51. The topological polar surface area (TPSA) is 143 Å². The maximum Gasteiger partial charge on any atom is 0.338 e. The number of aromatic amines is 1. The van der Waals surface area contributed by atoms with E-state index in [9.17, 15) is 24.0 Å². The third-order valence-electron chi connectivity index (χ3n) is 6.60. The number of nitrogens with one attached hydrogen (secondary N) is 1. The Balaban J connectivity index is 1.52. The van der Waals surface area contributed by atoms with Crippen molar-refractivity contribution in [3.8, 4) is 0 Å². The van der Waals surface area contributed by atoms with Crippen LogP contribution < -0.4 is 11.2 Å². The highest BCUT2D eigenvalue weighted by Crippen LogP contribution is 2.34. The van der Waals surface area contributed by atoms with Crippen molar-refractivity contribution in [3.05, 3.63) is 140 Å². The first-order chi connectivity index (χ1) is 20.3. The quantitative estimate of drug-likeness (QED) is 0.250. The molecule has 0 saturated carbocycles. The van der Waals surface area contributed by atoms with Crippen LogP contribution in [0.15, 0.2) is 107 Å². The van der Waals surface area contributed by atoms with Crippen molar-refractivity contribution in [1.29, 1.82) is 0 Å². The van der Waals surface area contributed by atoms with E-state index in [-0.39, 0.29) is 22.3 Å². The van der Waals surface area contributed by atoms with Crippen molar-refractivity contribution in [3.63, 3.8) is 0 Å². The molecule has 0 aliphatic carbocycles. The first-order valence-corrected chi connectivity index (χ1v) is 13.0. The Hall–Kier alpha value is -5.29. The molecule has 1 aliphatic heterocycles. The van der Waals surface area contributed by atoms with E-state index >= 15 is 0 Å². The Morgan fingerprint density at radius 1 is 0.738 bits per heavy atom. The number of carbonyl (C=O) groups is 3. The molecule has 1 aliphatic rings. The summed E-state index contributed by atoms with van der Waals surface area (Å²) in [7, 11) is 0. The van der Waals surface area contributed by atoms with Gasteiger partial charge in [-0.1, -0.05) is 54.6 Å². The summed E-state index contributed by atoms with van der Waals surface area (Å²) in [6, 6.07) is 24.4. The van der Waals surface area contributed by atoms with Gasteiger partial charge in [0.05, 0.1) is 16.7 Å². The third kappa shape index (κ3) is 6.21. The van der Waals surface area contributed by atoms with E-state index in [0.29, 0.717) is 0 Å². The maximum atomic E-state index is 13.2. The number of ether oxygens (including phenoxy) is 4. The molecular weight excluding hydrogens is 544 g/mol. The van der Waals surface area contributed by atoms with E-state index in [1.165, 1.54) is 25.3 Å². The van der Waals surface area contributed by atoms with Crippen LogP contribution in [0.5, 0.6) is 0 Å². The molecule has 0 bridgehead atoms. The van der Waals surface area contributed by atoms with Gasteiger partial charge in [0.15, 0.2) is 18.4 Å². The minimum atomic E-state index is -1.38. The molecule has 0 spiro atoms. The van der Waals surface area contributed by atoms with Crippen LogP contribution in [0.1, 0.15) is 42.9 Å². The molecule has 5 rings (SSSR count). The molecule has 1 N–H and O–H groups in total. The zero-order chi connectivity index (χ0) is 29.6. The van der Waals surface area contributed by atoms with Crippen molar-refractivity contribution in [2.24, 2.45) is 0 Å². The number of aryl methyl sites for hydroxylation is 1. The molecule has 214 valence electrons. The number of rotatable bonds is 8. The van der Waals surface area contributed by atoms with Gasteiger partial charge in [-0.2, -0.15) is 0 Å². The predicted molar refractivity (Wildman–Crippen MR) is 148 cm³/mol. The maximum absolute atomic E-state index is 13.2. The smallest absolute Gasteiger partial charge is 0.338 e. The van der Waals surface area contributed by atoms with Crippen molar-refractivity contribution in [2.75, 3.05) is 6.61 Å². The lowest BCUT2D eigenvalue weighted by atomic mass is 10.1. The lowest BCUT2D eigenvalue weighted by molar-refractivity contribution is -0.0640. The molecule has 11 nitrogen and oxygen atoms in total. The van der Waals surface area contributed by atoms with Crippen LogP contribution in [-0.4, -0.2) is 52.4 Å². The largest absolute Gasteiger partial charge is 0.459 e. The van der Waals surface area contributed by atoms with E-state index in [0.717, 1.165) is 4.57 Å². The molecule has 3 aromatic carbocycles. The molecule has 1 aromatic heterocycles. The van der Waals surface area contributed by atoms with Gasteiger partial charge in [0.2, 0.25) is 0 Å². The van der Waals surface area contributed by atoms with E-state index in [4.69, 9.17) is 18.9 Å². The molecule has 0 amide bonds. The number of benzene rings is 3. The molecule has 1 saturated heterocycles. The van der Waals surface area contributed by atoms with E-state index in [1.807, 2.05) is 0 Å². The lowest BCUT2D eigenvalue weighted by Gasteiger charge is -2.25. The highest BCUT2D eigenvalue weighted by molar-refractivity contribution is 5.91. The number of aromatic nitrogens is 2. The fraction of sp³-hybridized carbons (Fsp3) is 0.194. The van der Waals surface area contributed by atoms with Gasteiger partial charge in [-0.3, -0.25) is 14.3 Å². The number of hydrogen-bond acceptors (Lipinski definition) is 9. The van der Waals surface area contributed by atoms with E-state index in [2.05, 4.69) is 4.98 Å². The van der Waals surface area contributed by atoms with Gasteiger partial charge >= 0.3 is 23.6 Å². The number of carbonyl (C=O) groups excluding carboxylic acids is 3. The Morgan fingerprint density at radius 2 is 1.21 bits per heavy atom. The normalized spacial score (nSPS) is 19.5. The van der Waals surface area contributed by atoms with Crippen LogP contribution in [0.25, 0.3) is 0 Å². The van der Waals surface area contributed by atoms with Crippen molar-refractivity contribution >= 4 is 17.9 Å². The monoisotopic (exact) mass is 570 g/mol. The number of nitrogens with zero attached hydrogens (tertiary/aromatic N) is 1. The SMILES string of the molecule is Cc1cn([C@@H]2O[C@H](COC(=O)c3ccccc3)[C@H](OC(=O)c3ccccc3)[C@@H]2OC(=O)c2ccccc2)c(=O)[nH]c1=O. The number of hydrogen-bond donors (Lipinski definition) is 1. The minimum Gasteiger partial charge on any atom is -0.459 e. The summed E-state index contributed by atoms with van der Waals surface area (Å²) in [6.07, 6.45) is -3.96. The van der Waals surface area contributed by atoms with Crippen LogP contribution in [-0.2, 0) is 18.9 Å². The molecule has 1 fully saturated rings. The zero-order valence-electron chi connectivity index (χ0n) is 22.4. The Labute approximate surface area is 239 Å². The fourth-order valence-electron chi connectivity index (χ4n) is 4.46. The number of H-pyrrole nitrogens is 1. The molecule has 4 atom stereocenters. The summed E-state index contributed by atoms with van der Waals surface area (Å²) in [6.45, 7) is 1.08. The fourth-order valence-corrected chi connectivity index (χ4v) is 4.46. The molecule has 0 unspecified atom stereocenters. The lowest BCUT2D eigenvalue weighted by Crippen LogP contribution is -2.43. The van der Waals surface area contributed by atoms with Gasteiger partial charge in [0.25, 0.3) is 5.56 Å². The van der Waals surface area contributed by atoms with Gasteiger partial charge in [-0.05, 0) is 43.3 Å². The Bertz CT molecular complexity index is 1680. The van der Waals surface area contributed by atoms with Gasteiger partial charge in [0, 0.05) is 11.8 Å². The van der Waals surface area contributed by atoms with Gasteiger partial charge in [-0.15, -0.1) is 0 Å². The molecule has 11 heteroatoms. The van der Waals surface area contributed by atoms with Crippen LogP contribution >= 0.6 is 0 Å². The van der Waals surface area contributed by atoms with Crippen LogP contribution in [0.3, 0.4) is 0 Å². The second kappa shape index (κ2) is 12.5. The average Bonchev–Trinajstić information content (AvgIpc) is 3.34. The van der Waals surface area contributed by atoms with Crippen molar-refractivity contribution < 1.29 is 33.3 Å². The van der Waals surface area contributed by atoms with E-state index < -0.39 is 60.3 Å². The molecule has 42 heavy (non-hydrogen) atoms. The van der Waals surface area contributed by atoms with Gasteiger partial charge < -0.3 is 18.9 Å². The van der Waals surface area contributed by atoms with Crippen molar-refractivity contribution in [1.82, 2.24) is 9.55 Å².